The van der Waals surface area contributed by atoms with E-state index in [1.807, 2.05) is 13.0 Å². The predicted molar refractivity (Wildman–Crippen MR) is 85.5 cm³/mol. The van der Waals surface area contributed by atoms with Gasteiger partial charge in [-0.2, -0.15) is 0 Å². The minimum atomic E-state index is -0.108. The Morgan fingerprint density at radius 2 is 2.25 bits per heavy atom. The third-order valence-electron chi connectivity index (χ3n) is 2.52. The van der Waals surface area contributed by atoms with Gasteiger partial charge in [-0.05, 0) is 25.3 Å². The minimum Gasteiger partial charge on any atom is -0.397 e. The van der Waals surface area contributed by atoms with Gasteiger partial charge in [-0.1, -0.05) is 13.8 Å². The van der Waals surface area contributed by atoms with Crippen molar-refractivity contribution in [2.75, 3.05) is 37.4 Å². The summed E-state index contributed by atoms with van der Waals surface area (Å²) in [5.41, 5.74) is 6.37. The summed E-state index contributed by atoms with van der Waals surface area (Å²) < 4.78 is 5.51. The Kier molecular flexibility index (Phi) is 7.40. The third kappa shape index (κ3) is 5.79. The molecule has 0 aromatic carbocycles. The van der Waals surface area contributed by atoms with Gasteiger partial charge in [-0.15, -0.1) is 11.3 Å². The number of carbonyl (C=O) groups excluding carboxylic acids is 1. The number of ether oxygens (including phenoxy) is 1. The molecule has 1 heterocycles. The molecule has 0 fully saturated rings. The first-order valence-corrected chi connectivity index (χ1v) is 7.85. The Hall–Kier alpha value is -1.27. The van der Waals surface area contributed by atoms with Crippen LogP contribution in [0.5, 0.6) is 0 Å². The summed E-state index contributed by atoms with van der Waals surface area (Å²) in [4.78, 5) is 12.3. The van der Waals surface area contributed by atoms with Crippen molar-refractivity contribution in [1.29, 1.82) is 0 Å². The van der Waals surface area contributed by atoms with Gasteiger partial charge in [0.1, 0.15) is 4.88 Å². The summed E-state index contributed by atoms with van der Waals surface area (Å²) in [5, 5.41) is 6.95. The maximum absolute atomic E-state index is 11.7. The van der Waals surface area contributed by atoms with Crippen molar-refractivity contribution in [2.24, 2.45) is 5.92 Å². The minimum absolute atomic E-state index is 0.108. The molecule has 0 aliphatic rings. The fourth-order valence-corrected chi connectivity index (χ4v) is 2.54. The van der Waals surface area contributed by atoms with E-state index < -0.39 is 0 Å². The van der Waals surface area contributed by atoms with Gasteiger partial charge in [0, 0.05) is 26.3 Å². The van der Waals surface area contributed by atoms with Crippen LogP contribution in [-0.2, 0) is 4.74 Å². The number of nitrogens with two attached hydrogens (primary N) is 1. The molecule has 0 bridgehead atoms. The number of amides is 1. The van der Waals surface area contributed by atoms with E-state index in [9.17, 15) is 4.79 Å². The molecule has 0 saturated heterocycles. The van der Waals surface area contributed by atoms with Gasteiger partial charge in [0.15, 0.2) is 0 Å². The van der Waals surface area contributed by atoms with E-state index in [4.69, 9.17) is 10.5 Å². The lowest BCUT2D eigenvalue weighted by molar-refractivity contribution is 0.0960. The Balaban J connectivity index is 2.31. The molecule has 20 heavy (non-hydrogen) atoms. The molecule has 6 heteroatoms. The van der Waals surface area contributed by atoms with Gasteiger partial charge < -0.3 is 21.1 Å². The fraction of sp³-hybridized carbons (Fsp3) is 0.643. The van der Waals surface area contributed by atoms with Crippen LogP contribution in [-0.4, -0.2) is 32.2 Å². The first kappa shape index (κ1) is 16.8. The average molecular weight is 299 g/mol. The van der Waals surface area contributed by atoms with Crippen molar-refractivity contribution in [3.8, 4) is 0 Å². The number of nitrogens with one attached hydrogen (secondary N) is 2. The molecular formula is C14H25N3O2S. The Morgan fingerprint density at radius 3 is 2.90 bits per heavy atom. The van der Waals surface area contributed by atoms with Crippen molar-refractivity contribution in [1.82, 2.24) is 5.32 Å². The van der Waals surface area contributed by atoms with Crippen molar-refractivity contribution in [3.63, 3.8) is 0 Å². The molecule has 1 rings (SSSR count). The molecule has 0 aliphatic heterocycles. The SMILES string of the molecule is CCNC(=O)c1sc(NCCCOCC(C)C)cc1N. The molecule has 1 aromatic rings. The van der Waals surface area contributed by atoms with Crippen molar-refractivity contribution < 1.29 is 9.53 Å². The first-order chi connectivity index (χ1) is 9.54. The first-order valence-electron chi connectivity index (χ1n) is 7.03. The largest absolute Gasteiger partial charge is 0.397 e. The number of nitrogen functional groups attached to an aromatic ring is 1. The monoisotopic (exact) mass is 299 g/mol. The molecule has 0 saturated carbocycles. The zero-order chi connectivity index (χ0) is 15.0. The highest BCUT2D eigenvalue weighted by atomic mass is 32.1. The van der Waals surface area contributed by atoms with Crippen molar-refractivity contribution in [3.05, 3.63) is 10.9 Å². The summed E-state index contributed by atoms with van der Waals surface area (Å²) in [7, 11) is 0. The van der Waals surface area contributed by atoms with E-state index in [-0.39, 0.29) is 5.91 Å². The lowest BCUT2D eigenvalue weighted by Gasteiger charge is -2.07. The van der Waals surface area contributed by atoms with Gasteiger partial charge in [-0.25, -0.2) is 0 Å². The second kappa shape index (κ2) is 8.81. The van der Waals surface area contributed by atoms with E-state index in [0.717, 1.165) is 31.2 Å². The number of thiophene rings is 1. The van der Waals surface area contributed by atoms with Crippen LogP contribution < -0.4 is 16.4 Å². The van der Waals surface area contributed by atoms with Crippen LogP contribution in [0, 0.1) is 5.92 Å². The summed E-state index contributed by atoms with van der Waals surface area (Å²) in [6.45, 7) is 9.12. The Morgan fingerprint density at radius 1 is 1.50 bits per heavy atom. The predicted octanol–water partition coefficient (Wildman–Crippen LogP) is 2.55. The quantitative estimate of drug-likeness (QED) is 0.613. The van der Waals surface area contributed by atoms with E-state index in [2.05, 4.69) is 24.5 Å². The third-order valence-corrected chi connectivity index (χ3v) is 3.63. The standard InChI is InChI=1S/C14H25N3O2S/c1-4-16-14(18)13-11(15)8-12(20-13)17-6-5-7-19-9-10(2)3/h8,10,17H,4-7,9,15H2,1-3H3,(H,16,18). The van der Waals surface area contributed by atoms with Crippen LogP contribution in [0.15, 0.2) is 6.07 Å². The topological polar surface area (TPSA) is 76.4 Å². The highest BCUT2D eigenvalue weighted by molar-refractivity contribution is 7.18. The zero-order valence-corrected chi connectivity index (χ0v) is 13.3. The molecule has 0 unspecified atom stereocenters. The second-order valence-corrected chi connectivity index (χ2v) is 6.06. The van der Waals surface area contributed by atoms with Gasteiger partial charge in [0.25, 0.3) is 5.91 Å². The molecule has 0 radical (unpaired) electrons. The number of anilines is 2. The molecule has 0 spiro atoms. The van der Waals surface area contributed by atoms with E-state index in [1.54, 1.807) is 0 Å². The fourth-order valence-electron chi connectivity index (χ4n) is 1.62. The lowest BCUT2D eigenvalue weighted by atomic mass is 10.2. The number of hydrogen-bond acceptors (Lipinski definition) is 5. The van der Waals surface area contributed by atoms with Crippen LogP contribution in [0.3, 0.4) is 0 Å². The molecule has 0 atom stereocenters. The smallest absolute Gasteiger partial charge is 0.263 e. The van der Waals surface area contributed by atoms with Crippen LogP contribution in [0.25, 0.3) is 0 Å². The Bertz CT molecular complexity index is 419. The van der Waals surface area contributed by atoms with Crippen LogP contribution >= 0.6 is 11.3 Å². The number of hydrogen-bond donors (Lipinski definition) is 3. The summed E-state index contributed by atoms with van der Waals surface area (Å²) in [6.07, 6.45) is 0.932. The van der Waals surface area contributed by atoms with Crippen LogP contribution in [0.2, 0.25) is 0 Å². The molecule has 5 nitrogen and oxygen atoms in total. The average Bonchev–Trinajstić information content (AvgIpc) is 2.75. The van der Waals surface area contributed by atoms with Gasteiger partial charge in [-0.3, -0.25) is 4.79 Å². The highest BCUT2D eigenvalue weighted by Crippen LogP contribution is 2.28. The number of carbonyl (C=O) groups is 1. The van der Waals surface area contributed by atoms with E-state index in [0.29, 0.717) is 23.0 Å². The van der Waals surface area contributed by atoms with Gasteiger partial charge in [0.05, 0.1) is 10.7 Å². The number of rotatable bonds is 9. The van der Waals surface area contributed by atoms with E-state index in [1.165, 1.54) is 11.3 Å². The summed E-state index contributed by atoms with van der Waals surface area (Å²) in [5.74, 6) is 0.461. The maximum atomic E-state index is 11.7. The second-order valence-electron chi connectivity index (χ2n) is 5.00. The highest BCUT2D eigenvalue weighted by Gasteiger charge is 2.13. The van der Waals surface area contributed by atoms with Crippen molar-refractivity contribution in [2.45, 2.75) is 27.2 Å². The zero-order valence-electron chi connectivity index (χ0n) is 12.5. The molecule has 1 amide bonds. The van der Waals surface area contributed by atoms with Crippen molar-refractivity contribution >= 4 is 27.9 Å². The molecule has 114 valence electrons. The molecular weight excluding hydrogens is 274 g/mol. The van der Waals surface area contributed by atoms with E-state index >= 15 is 0 Å². The Labute approximate surface area is 124 Å². The molecule has 1 aromatic heterocycles. The maximum Gasteiger partial charge on any atom is 0.263 e. The lowest BCUT2D eigenvalue weighted by Crippen LogP contribution is -2.22. The molecule has 4 N–H and O–H groups in total. The van der Waals surface area contributed by atoms with Gasteiger partial charge in [0.2, 0.25) is 0 Å². The van der Waals surface area contributed by atoms with Crippen LogP contribution in [0.4, 0.5) is 10.7 Å². The summed E-state index contributed by atoms with van der Waals surface area (Å²) >= 11 is 1.39. The van der Waals surface area contributed by atoms with Gasteiger partial charge >= 0.3 is 0 Å². The molecule has 0 aliphatic carbocycles. The normalized spacial score (nSPS) is 10.8. The van der Waals surface area contributed by atoms with Crippen LogP contribution in [0.1, 0.15) is 36.9 Å². The summed E-state index contributed by atoms with van der Waals surface area (Å²) in [6, 6.07) is 1.81.